The van der Waals surface area contributed by atoms with Gasteiger partial charge in [0.15, 0.2) is 0 Å². The van der Waals surface area contributed by atoms with Crippen LogP contribution in [0.5, 0.6) is 0 Å². The number of morpholine rings is 1. The van der Waals surface area contributed by atoms with Crippen LogP contribution >= 0.6 is 15.9 Å². The Morgan fingerprint density at radius 2 is 1.90 bits per heavy atom. The predicted molar refractivity (Wildman–Crippen MR) is 116 cm³/mol. The average molecular weight is 502 g/mol. The van der Waals surface area contributed by atoms with Crippen LogP contribution in [0.15, 0.2) is 28.7 Å². The van der Waals surface area contributed by atoms with Crippen molar-refractivity contribution in [2.75, 3.05) is 38.6 Å². The van der Waals surface area contributed by atoms with Crippen LogP contribution in [-0.4, -0.2) is 80.7 Å². The number of aryl methyl sites for hydroxylation is 1. The third-order valence-electron chi connectivity index (χ3n) is 5.51. The molecule has 10 heteroatoms. The van der Waals surface area contributed by atoms with Crippen molar-refractivity contribution in [1.82, 2.24) is 14.5 Å². The SMILES string of the molecule is CC[C@@H](C(=O)N1CCOCC1)N1CCC(NS(=O)(=O)CCc2ccc(Br)cc2)C1=O. The van der Waals surface area contributed by atoms with Crippen LogP contribution in [0.1, 0.15) is 25.3 Å². The van der Waals surface area contributed by atoms with E-state index in [9.17, 15) is 18.0 Å². The van der Waals surface area contributed by atoms with Gasteiger partial charge in [0.1, 0.15) is 12.1 Å². The minimum atomic E-state index is -3.62. The van der Waals surface area contributed by atoms with Crippen molar-refractivity contribution in [3.05, 3.63) is 34.3 Å². The topological polar surface area (TPSA) is 96.0 Å². The van der Waals surface area contributed by atoms with Gasteiger partial charge in [0, 0.05) is 24.1 Å². The Morgan fingerprint density at radius 1 is 1.23 bits per heavy atom. The van der Waals surface area contributed by atoms with E-state index in [1.165, 1.54) is 4.90 Å². The standard InChI is InChI=1S/C20H28BrN3O5S/c1-2-18(20(26)23-10-12-29-13-11-23)24-9-7-17(19(24)25)22-30(27,28)14-8-15-3-5-16(21)6-4-15/h3-6,17-18,22H,2,7-14H2,1H3/t17?,18-/m0/s1. The Morgan fingerprint density at radius 3 is 2.53 bits per heavy atom. The number of carbonyl (C=O) groups excluding carboxylic acids is 2. The molecule has 166 valence electrons. The zero-order valence-electron chi connectivity index (χ0n) is 17.0. The second kappa shape index (κ2) is 10.2. The predicted octanol–water partition coefficient (Wildman–Crippen LogP) is 1.15. The van der Waals surface area contributed by atoms with Crippen LogP contribution < -0.4 is 4.72 Å². The van der Waals surface area contributed by atoms with Crippen molar-refractivity contribution in [3.8, 4) is 0 Å². The zero-order chi connectivity index (χ0) is 21.7. The molecular weight excluding hydrogens is 474 g/mol. The summed E-state index contributed by atoms with van der Waals surface area (Å²) in [4.78, 5) is 29.0. The van der Waals surface area contributed by atoms with E-state index >= 15 is 0 Å². The molecule has 1 N–H and O–H groups in total. The van der Waals surface area contributed by atoms with E-state index in [-0.39, 0.29) is 17.6 Å². The van der Waals surface area contributed by atoms with Gasteiger partial charge in [0.25, 0.3) is 0 Å². The van der Waals surface area contributed by atoms with Crippen molar-refractivity contribution in [1.29, 1.82) is 0 Å². The maximum atomic E-state index is 12.9. The first-order valence-electron chi connectivity index (χ1n) is 10.2. The molecule has 1 aromatic rings. The number of nitrogens with one attached hydrogen (secondary N) is 1. The number of carbonyl (C=O) groups is 2. The number of rotatable bonds is 8. The Balaban J connectivity index is 1.57. The smallest absolute Gasteiger partial charge is 0.245 e. The van der Waals surface area contributed by atoms with Gasteiger partial charge in [-0.15, -0.1) is 0 Å². The van der Waals surface area contributed by atoms with Crippen molar-refractivity contribution in [2.24, 2.45) is 0 Å². The summed E-state index contributed by atoms with van der Waals surface area (Å²) in [5.41, 5.74) is 0.908. The van der Waals surface area contributed by atoms with Gasteiger partial charge in [0.2, 0.25) is 21.8 Å². The molecule has 0 bridgehead atoms. The van der Waals surface area contributed by atoms with E-state index in [1.54, 1.807) is 4.90 Å². The summed E-state index contributed by atoms with van der Waals surface area (Å²) in [6.45, 7) is 4.26. The van der Waals surface area contributed by atoms with Crippen molar-refractivity contribution >= 4 is 37.8 Å². The number of halogens is 1. The molecule has 0 aliphatic carbocycles. The van der Waals surface area contributed by atoms with Gasteiger partial charge in [-0.1, -0.05) is 35.0 Å². The molecule has 0 aromatic heterocycles. The molecule has 0 saturated carbocycles. The normalized spacial score (nSPS) is 21.1. The fourth-order valence-electron chi connectivity index (χ4n) is 3.82. The minimum absolute atomic E-state index is 0.0899. The number of sulfonamides is 1. The summed E-state index contributed by atoms with van der Waals surface area (Å²) in [5, 5.41) is 0. The highest BCUT2D eigenvalue weighted by atomic mass is 79.9. The molecule has 30 heavy (non-hydrogen) atoms. The monoisotopic (exact) mass is 501 g/mol. The number of hydrogen-bond acceptors (Lipinski definition) is 5. The summed E-state index contributed by atoms with van der Waals surface area (Å²) < 4.78 is 33.8. The molecule has 3 rings (SSSR count). The van der Waals surface area contributed by atoms with E-state index in [0.717, 1.165) is 10.0 Å². The fraction of sp³-hybridized carbons (Fsp3) is 0.600. The summed E-state index contributed by atoms with van der Waals surface area (Å²) in [6.07, 6.45) is 1.22. The largest absolute Gasteiger partial charge is 0.378 e. The molecule has 2 aliphatic heterocycles. The Hall–Kier alpha value is -1.49. The molecule has 2 fully saturated rings. The highest BCUT2D eigenvalue weighted by Gasteiger charge is 2.41. The maximum absolute atomic E-state index is 12.9. The second-order valence-corrected chi connectivity index (χ2v) is 10.3. The van der Waals surface area contributed by atoms with Gasteiger partial charge >= 0.3 is 0 Å². The summed E-state index contributed by atoms with van der Waals surface area (Å²) >= 11 is 3.35. The number of amides is 2. The van der Waals surface area contributed by atoms with Crippen molar-refractivity contribution < 1.29 is 22.7 Å². The lowest BCUT2D eigenvalue weighted by molar-refractivity contribution is -0.146. The van der Waals surface area contributed by atoms with E-state index in [0.29, 0.717) is 52.1 Å². The van der Waals surface area contributed by atoms with Crippen LogP contribution in [0.25, 0.3) is 0 Å². The molecule has 8 nitrogen and oxygen atoms in total. The van der Waals surface area contributed by atoms with Gasteiger partial charge in [-0.3, -0.25) is 9.59 Å². The quantitative estimate of drug-likeness (QED) is 0.576. The lowest BCUT2D eigenvalue weighted by atomic mass is 10.1. The van der Waals surface area contributed by atoms with Gasteiger partial charge in [-0.2, -0.15) is 0 Å². The van der Waals surface area contributed by atoms with Gasteiger partial charge < -0.3 is 14.5 Å². The summed E-state index contributed by atoms with van der Waals surface area (Å²) in [6, 6.07) is 6.09. The number of nitrogens with zero attached hydrogens (tertiary/aromatic N) is 2. The molecule has 2 atom stereocenters. The summed E-state index contributed by atoms with van der Waals surface area (Å²) in [7, 11) is -3.62. The summed E-state index contributed by atoms with van der Waals surface area (Å²) in [5.74, 6) is -0.508. The van der Waals surface area contributed by atoms with E-state index < -0.39 is 22.1 Å². The zero-order valence-corrected chi connectivity index (χ0v) is 19.5. The molecule has 1 aromatic carbocycles. The molecule has 2 saturated heterocycles. The third-order valence-corrected chi connectivity index (χ3v) is 7.42. The highest BCUT2D eigenvalue weighted by Crippen LogP contribution is 2.20. The van der Waals surface area contributed by atoms with Crippen LogP contribution in [0.3, 0.4) is 0 Å². The molecule has 0 spiro atoms. The maximum Gasteiger partial charge on any atom is 0.245 e. The molecule has 1 unspecified atom stereocenters. The highest BCUT2D eigenvalue weighted by molar-refractivity contribution is 9.10. The van der Waals surface area contributed by atoms with Crippen LogP contribution in [0.4, 0.5) is 0 Å². The van der Waals surface area contributed by atoms with Gasteiger partial charge in [-0.25, -0.2) is 13.1 Å². The van der Waals surface area contributed by atoms with Crippen LogP contribution in [0, 0.1) is 0 Å². The van der Waals surface area contributed by atoms with Crippen LogP contribution in [-0.2, 0) is 30.8 Å². The van der Waals surface area contributed by atoms with Crippen LogP contribution in [0.2, 0.25) is 0 Å². The molecule has 2 aliphatic rings. The minimum Gasteiger partial charge on any atom is -0.378 e. The van der Waals surface area contributed by atoms with Crippen molar-refractivity contribution in [2.45, 2.75) is 38.3 Å². The Bertz CT molecular complexity index is 856. The number of benzene rings is 1. The Labute approximate surface area is 186 Å². The second-order valence-electron chi connectivity index (χ2n) is 7.55. The first-order valence-corrected chi connectivity index (χ1v) is 12.7. The third kappa shape index (κ3) is 5.81. The van der Waals surface area contributed by atoms with Gasteiger partial charge in [-0.05, 0) is 37.0 Å². The lowest BCUT2D eigenvalue weighted by Gasteiger charge is -2.34. The fourth-order valence-corrected chi connectivity index (χ4v) is 5.36. The Kier molecular flexibility index (Phi) is 7.89. The van der Waals surface area contributed by atoms with E-state index in [4.69, 9.17) is 4.74 Å². The first-order chi connectivity index (χ1) is 14.3. The number of likely N-dealkylation sites (tertiary alicyclic amines) is 1. The first kappa shape index (κ1) is 23.2. The molecule has 2 heterocycles. The lowest BCUT2D eigenvalue weighted by Crippen LogP contribution is -2.53. The number of ether oxygens (including phenoxy) is 1. The molecule has 2 amide bonds. The van der Waals surface area contributed by atoms with E-state index in [2.05, 4.69) is 20.7 Å². The van der Waals surface area contributed by atoms with Gasteiger partial charge in [0.05, 0.1) is 19.0 Å². The number of hydrogen-bond donors (Lipinski definition) is 1. The van der Waals surface area contributed by atoms with E-state index in [1.807, 2.05) is 31.2 Å². The average Bonchev–Trinajstić information content (AvgIpc) is 3.08. The van der Waals surface area contributed by atoms with Crippen molar-refractivity contribution in [3.63, 3.8) is 0 Å². The molecule has 0 radical (unpaired) electrons. The molecular formula is C20H28BrN3O5S.